The van der Waals surface area contributed by atoms with Crippen LogP contribution in [0, 0.1) is 12.3 Å². The molecule has 2 saturated heterocycles. The van der Waals surface area contributed by atoms with Gasteiger partial charge >= 0.3 is 0 Å². The number of nitrogens with zero attached hydrogens (tertiary/aromatic N) is 4. The van der Waals surface area contributed by atoms with Crippen molar-refractivity contribution in [3.8, 4) is 17.1 Å². The van der Waals surface area contributed by atoms with Crippen molar-refractivity contribution < 1.29 is 23.7 Å². The Hall–Kier alpha value is -2.86. The van der Waals surface area contributed by atoms with Crippen molar-refractivity contribution >= 4 is 28.7 Å². The molecule has 0 bridgehead atoms. The molecule has 2 aromatic rings. The van der Waals surface area contributed by atoms with Gasteiger partial charge in [-0.2, -0.15) is 0 Å². The van der Waals surface area contributed by atoms with Crippen molar-refractivity contribution in [2.24, 2.45) is 0 Å². The number of rotatable bonds is 11. The Labute approximate surface area is 232 Å². The van der Waals surface area contributed by atoms with Gasteiger partial charge in [-0.3, -0.25) is 4.90 Å². The molecule has 9 nitrogen and oxygen atoms in total. The number of allylic oxidation sites excluding steroid dienone is 2. The van der Waals surface area contributed by atoms with Crippen LogP contribution < -0.4 is 15.0 Å². The van der Waals surface area contributed by atoms with Crippen molar-refractivity contribution in [3.05, 3.63) is 40.2 Å². The number of likely N-dealkylation sites (tertiary alicyclic amines) is 1. The smallest absolute Gasteiger partial charge is 0.251 e. The van der Waals surface area contributed by atoms with E-state index >= 15 is 0 Å². The van der Waals surface area contributed by atoms with E-state index in [1.54, 1.807) is 32.2 Å². The molecule has 1 atom stereocenters. The number of hydrogen-bond donors (Lipinski definition) is 4. The lowest BCUT2D eigenvalue weighted by Gasteiger charge is -2.63. The minimum atomic E-state index is -2.39. The number of benzene rings is 1. The fraction of sp³-hybridized carbons (Fsp3) is 0.519. The topological polar surface area (TPSA) is 118 Å². The van der Waals surface area contributed by atoms with E-state index in [0.717, 1.165) is 6.42 Å². The zero-order valence-corrected chi connectivity index (χ0v) is 23.3. The van der Waals surface area contributed by atoms with Crippen molar-refractivity contribution in [1.29, 1.82) is 5.41 Å². The number of nitrogens with one attached hydrogen (secondary N) is 2. The minimum absolute atomic E-state index is 0.0508. The summed E-state index contributed by atoms with van der Waals surface area (Å²) in [6.07, 6.45) is -2.25. The molecule has 1 spiro atoms. The SMILES string of the molecule is CNC[C@@H](O)COc1ccc(Cl)c(-c2nc(/C(C(C)=N)=C(\C)O)c(C)c(N3CC4(CCN4CC(F)F)C3)n2)c1. The summed E-state index contributed by atoms with van der Waals surface area (Å²) in [6, 6.07) is 5.03. The number of ether oxygens (including phenoxy) is 1. The molecule has 0 amide bonds. The maximum absolute atomic E-state index is 13.1. The number of aliphatic hydroxyl groups is 2. The maximum Gasteiger partial charge on any atom is 0.251 e. The highest BCUT2D eigenvalue weighted by Gasteiger charge is 2.54. The van der Waals surface area contributed by atoms with Gasteiger partial charge in [0.05, 0.1) is 28.4 Å². The van der Waals surface area contributed by atoms with Gasteiger partial charge in [0.2, 0.25) is 0 Å². The molecule has 0 aliphatic carbocycles. The Kier molecular flexibility index (Phi) is 8.75. The Balaban J connectivity index is 1.73. The molecule has 2 aliphatic rings. The molecule has 2 fully saturated rings. The van der Waals surface area contributed by atoms with Crippen LogP contribution >= 0.6 is 11.6 Å². The molecular weight excluding hydrogens is 530 g/mol. The number of hydrogen-bond acceptors (Lipinski definition) is 9. The minimum Gasteiger partial charge on any atom is -0.512 e. The van der Waals surface area contributed by atoms with Gasteiger partial charge < -0.3 is 30.6 Å². The van der Waals surface area contributed by atoms with Crippen LogP contribution in [0.25, 0.3) is 17.0 Å². The van der Waals surface area contributed by atoms with E-state index in [1.807, 2.05) is 16.7 Å². The molecule has 12 heteroatoms. The highest BCUT2D eigenvalue weighted by Crippen LogP contribution is 2.43. The van der Waals surface area contributed by atoms with E-state index in [1.165, 1.54) is 6.92 Å². The Morgan fingerprint density at radius 3 is 2.56 bits per heavy atom. The summed E-state index contributed by atoms with van der Waals surface area (Å²) < 4.78 is 31.9. The van der Waals surface area contributed by atoms with E-state index in [0.29, 0.717) is 59.6 Å². The molecule has 212 valence electrons. The van der Waals surface area contributed by atoms with Crippen molar-refractivity contribution in [1.82, 2.24) is 20.2 Å². The molecule has 0 saturated carbocycles. The van der Waals surface area contributed by atoms with Gasteiger partial charge in [0.1, 0.15) is 30.0 Å². The van der Waals surface area contributed by atoms with Crippen LogP contribution in [-0.4, -0.2) is 95.2 Å². The largest absolute Gasteiger partial charge is 0.512 e. The van der Waals surface area contributed by atoms with Gasteiger partial charge in [-0.25, -0.2) is 18.7 Å². The number of aliphatic hydroxyl groups excluding tert-OH is 2. The van der Waals surface area contributed by atoms with Gasteiger partial charge in [-0.1, -0.05) is 11.6 Å². The molecule has 1 aromatic carbocycles. The zero-order chi connectivity index (χ0) is 28.5. The highest BCUT2D eigenvalue weighted by molar-refractivity contribution is 6.33. The predicted molar refractivity (Wildman–Crippen MR) is 148 cm³/mol. The first-order valence-electron chi connectivity index (χ1n) is 12.8. The van der Waals surface area contributed by atoms with Crippen molar-refractivity contribution in [2.45, 2.75) is 45.3 Å². The van der Waals surface area contributed by atoms with Crippen molar-refractivity contribution in [3.63, 3.8) is 0 Å². The van der Waals surface area contributed by atoms with E-state index in [-0.39, 0.29) is 41.6 Å². The van der Waals surface area contributed by atoms with E-state index in [2.05, 4.69) is 5.32 Å². The second-order valence-electron chi connectivity index (χ2n) is 10.3. The van der Waals surface area contributed by atoms with Crippen LogP contribution in [-0.2, 0) is 0 Å². The monoisotopic (exact) mass is 564 g/mol. The molecule has 39 heavy (non-hydrogen) atoms. The van der Waals surface area contributed by atoms with Crippen LogP contribution in [0.1, 0.15) is 31.5 Å². The first kappa shape index (κ1) is 29.1. The summed E-state index contributed by atoms with van der Waals surface area (Å²) >= 11 is 6.57. The molecule has 1 aromatic heterocycles. The average Bonchev–Trinajstić information content (AvgIpc) is 2.82. The molecule has 4 N–H and O–H groups in total. The number of anilines is 1. The molecule has 4 rings (SSSR count). The molecule has 2 aliphatic heterocycles. The fourth-order valence-electron chi connectivity index (χ4n) is 5.26. The van der Waals surface area contributed by atoms with Crippen LogP contribution in [0.5, 0.6) is 5.75 Å². The third-order valence-corrected chi connectivity index (χ3v) is 7.63. The Bertz CT molecular complexity index is 1260. The van der Waals surface area contributed by atoms with E-state index < -0.39 is 12.5 Å². The van der Waals surface area contributed by atoms with Gasteiger partial charge in [0, 0.05) is 43.0 Å². The summed E-state index contributed by atoms with van der Waals surface area (Å²) in [4.78, 5) is 13.4. The lowest BCUT2D eigenvalue weighted by atomic mass is 9.77. The number of aromatic nitrogens is 2. The summed E-state index contributed by atoms with van der Waals surface area (Å²) in [6.45, 7) is 6.82. The summed E-state index contributed by atoms with van der Waals surface area (Å²) in [5, 5.41) is 32.0. The molecule has 0 radical (unpaired) electrons. The standard InChI is InChI=1S/C27H35ClF2N6O3/c1-15-24(23(16(2)31)17(3)37)33-25(20-9-19(5-6-21(20)28)39-12-18(38)10-32-4)34-26(15)35-13-27(14-35)7-8-36(27)11-22(29)30/h5-6,9,18,22,31-32,37-38H,7-8,10-14H2,1-4H3/b23-17+,31-16?/t18-/m1/s1. The van der Waals surface area contributed by atoms with Gasteiger partial charge in [0.25, 0.3) is 6.43 Å². The number of alkyl halides is 2. The Morgan fingerprint density at radius 2 is 2.00 bits per heavy atom. The van der Waals surface area contributed by atoms with E-state index in [9.17, 15) is 19.0 Å². The average molecular weight is 565 g/mol. The summed E-state index contributed by atoms with van der Waals surface area (Å²) in [5.41, 5.74) is 1.68. The maximum atomic E-state index is 13.1. The third-order valence-electron chi connectivity index (χ3n) is 7.30. The first-order chi connectivity index (χ1) is 18.5. The van der Waals surface area contributed by atoms with Gasteiger partial charge in [-0.05, 0) is 52.4 Å². The molecular formula is C27H35ClF2N6O3. The summed E-state index contributed by atoms with van der Waals surface area (Å²) in [5.74, 6) is 1.28. The van der Waals surface area contributed by atoms with Crippen LogP contribution in [0.3, 0.4) is 0 Å². The first-order valence-corrected chi connectivity index (χ1v) is 13.2. The number of halogens is 3. The zero-order valence-electron chi connectivity index (χ0n) is 22.6. The van der Waals surface area contributed by atoms with Gasteiger partial charge in [0.15, 0.2) is 5.82 Å². The van der Waals surface area contributed by atoms with Crippen LogP contribution in [0.15, 0.2) is 24.0 Å². The fourth-order valence-corrected chi connectivity index (χ4v) is 5.46. The lowest BCUT2D eigenvalue weighted by Crippen LogP contribution is -2.77. The third kappa shape index (κ3) is 6.01. The normalized spacial score (nSPS) is 18.0. The molecule has 3 heterocycles. The van der Waals surface area contributed by atoms with Gasteiger partial charge in [-0.15, -0.1) is 0 Å². The van der Waals surface area contributed by atoms with Crippen LogP contribution in [0.4, 0.5) is 14.6 Å². The van der Waals surface area contributed by atoms with Crippen LogP contribution in [0.2, 0.25) is 5.02 Å². The summed E-state index contributed by atoms with van der Waals surface area (Å²) in [7, 11) is 1.74. The predicted octanol–water partition coefficient (Wildman–Crippen LogP) is 3.92. The van der Waals surface area contributed by atoms with E-state index in [4.69, 9.17) is 31.7 Å². The Morgan fingerprint density at radius 1 is 1.28 bits per heavy atom. The highest BCUT2D eigenvalue weighted by atomic mass is 35.5. The second-order valence-corrected chi connectivity index (χ2v) is 10.7. The van der Waals surface area contributed by atoms with Crippen molar-refractivity contribution in [2.75, 3.05) is 51.3 Å². The number of likely N-dealkylation sites (N-methyl/N-ethyl adjacent to an activating group) is 1. The lowest BCUT2D eigenvalue weighted by molar-refractivity contribution is -0.0685. The molecule has 0 unspecified atom stereocenters. The second kappa shape index (κ2) is 11.7. The quantitative estimate of drug-likeness (QED) is 0.240.